The highest BCUT2D eigenvalue weighted by Crippen LogP contribution is 2.17. The first-order valence-electron chi connectivity index (χ1n) is 7.31. The van der Waals surface area contributed by atoms with E-state index in [1.807, 2.05) is 0 Å². The van der Waals surface area contributed by atoms with Gasteiger partial charge in [-0.25, -0.2) is 0 Å². The minimum absolute atomic E-state index is 0.254. The fourth-order valence-electron chi connectivity index (χ4n) is 1.94. The number of nitrogens with zero attached hydrogens (tertiary/aromatic N) is 2. The van der Waals surface area contributed by atoms with Crippen LogP contribution in [0.3, 0.4) is 0 Å². The van der Waals surface area contributed by atoms with E-state index in [2.05, 4.69) is 15.5 Å². The molecule has 24 heavy (non-hydrogen) atoms. The van der Waals surface area contributed by atoms with Gasteiger partial charge in [0.05, 0.1) is 12.8 Å². The highest BCUT2D eigenvalue weighted by Gasteiger charge is 2.18. The molecule has 2 N–H and O–H groups in total. The van der Waals surface area contributed by atoms with Gasteiger partial charge in [0, 0.05) is 26.8 Å². The van der Waals surface area contributed by atoms with Crippen LogP contribution in [0, 0.1) is 0 Å². The summed E-state index contributed by atoms with van der Waals surface area (Å²) in [6.07, 6.45) is 1.38. The van der Waals surface area contributed by atoms with Crippen molar-refractivity contribution in [2.24, 2.45) is 0 Å². The molecule has 1 heterocycles. The van der Waals surface area contributed by atoms with E-state index in [0.717, 1.165) is 0 Å². The van der Waals surface area contributed by atoms with Crippen molar-refractivity contribution in [3.63, 3.8) is 0 Å². The average Bonchev–Trinajstić information content (AvgIpc) is 3.02. The van der Waals surface area contributed by atoms with Crippen molar-refractivity contribution in [3.8, 4) is 5.75 Å². The quantitative estimate of drug-likeness (QED) is 0.747. The molecule has 2 amide bonds. The van der Waals surface area contributed by atoms with Crippen LogP contribution in [0.1, 0.15) is 20.7 Å². The third kappa shape index (κ3) is 4.32. The van der Waals surface area contributed by atoms with Crippen molar-refractivity contribution < 1.29 is 19.1 Å². The van der Waals surface area contributed by atoms with Crippen molar-refractivity contribution in [1.29, 1.82) is 0 Å². The average molecular weight is 332 g/mol. The summed E-state index contributed by atoms with van der Waals surface area (Å²) in [4.78, 5) is 25.8. The van der Waals surface area contributed by atoms with E-state index < -0.39 is 0 Å². The number of hydrogen-bond donors (Lipinski definition) is 2. The lowest BCUT2D eigenvalue weighted by molar-refractivity contribution is 0.0828. The SMILES string of the molecule is COCCOc1cccc(C(=O)Nc2[nH]ncc2C(=O)N(C)C)c1. The van der Waals surface area contributed by atoms with E-state index in [9.17, 15) is 9.59 Å². The summed E-state index contributed by atoms with van der Waals surface area (Å²) in [6.45, 7) is 0.851. The molecular weight excluding hydrogens is 312 g/mol. The molecule has 0 unspecified atom stereocenters. The van der Waals surface area contributed by atoms with Gasteiger partial charge in [0.25, 0.3) is 11.8 Å². The van der Waals surface area contributed by atoms with Crippen LogP contribution in [0.2, 0.25) is 0 Å². The molecule has 128 valence electrons. The number of ether oxygens (including phenoxy) is 2. The van der Waals surface area contributed by atoms with E-state index >= 15 is 0 Å². The largest absolute Gasteiger partial charge is 0.491 e. The molecule has 0 fully saturated rings. The molecule has 0 saturated carbocycles. The Morgan fingerprint density at radius 1 is 1.29 bits per heavy atom. The molecule has 0 aliphatic carbocycles. The van der Waals surface area contributed by atoms with Gasteiger partial charge in [-0.15, -0.1) is 0 Å². The minimum Gasteiger partial charge on any atom is -0.491 e. The van der Waals surface area contributed by atoms with Gasteiger partial charge in [0.2, 0.25) is 0 Å². The zero-order valence-electron chi connectivity index (χ0n) is 13.8. The van der Waals surface area contributed by atoms with Crippen LogP contribution in [-0.4, -0.2) is 61.3 Å². The second-order valence-electron chi connectivity index (χ2n) is 5.18. The standard InChI is InChI=1S/C16H20N4O4/c1-20(2)16(22)13-10-17-19-14(13)18-15(21)11-5-4-6-12(9-11)24-8-7-23-3/h4-6,9-10H,7-8H2,1-3H3,(H2,17,18,19,21). The predicted octanol–water partition coefficient (Wildman–Crippen LogP) is 1.39. The molecule has 0 radical (unpaired) electrons. The van der Waals surface area contributed by atoms with Gasteiger partial charge in [0.15, 0.2) is 0 Å². The van der Waals surface area contributed by atoms with Crippen LogP contribution >= 0.6 is 0 Å². The molecule has 0 atom stereocenters. The number of methoxy groups -OCH3 is 1. The number of anilines is 1. The first kappa shape index (κ1) is 17.5. The van der Waals surface area contributed by atoms with Crippen LogP contribution in [0.25, 0.3) is 0 Å². The fourth-order valence-corrected chi connectivity index (χ4v) is 1.94. The van der Waals surface area contributed by atoms with E-state index in [1.54, 1.807) is 45.5 Å². The van der Waals surface area contributed by atoms with Gasteiger partial charge in [-0.05, 0) is 18.2 Å². The van der Waals surface area contributed by atoms with E-state index in [0.29, 0.717) is 30.1 Å². The molecule has 8 nitrogen and oxygen atoms in total. The number of aromatic amines is 1. The lowest BCUT2D eigenvalue weighted by Gasteiger charge is -2.11. The fraction of sp³-hybridized carbons (Fsp3) is 0.312. The van der Waals surface area contributed by atoms with Crippen molar-refractivity contribution in [3.05, 3.63) is 41.6 Å². The predicted molar refractivity (Wildman–Crippen MR) is 88.4 cm³/mol. The number of amides is 2. The van der Waals surface area contributed by atoms with Gasteiger partial charge >= 0.3 is 0 Å². The molecule has 1 aromatic heterocycles. The van der Waals surface area contributed by atoms with Crippen molar-refractivity contribution in [2.75, 3.05) is 39.7 Å². The summed E-state index contributed by atoms with van der Waals surface area (Å²) >= 11 is 0. The minimum atomic E-state index is -0.371. The molecule has 0 aliphatic heterocycles. The summed E-state index contributed by atoms with van der Waals surface area (Å²) in [7, 11) is 4.84. The maximum Gasteiger partial charge on any atom is 0.258 e. The summed E-state index contributed by atoms with van der Waals surface area (Å²) < 4.78 is 10.4. The zero-order valence-corrected chi connectivity index (χ0v) is 13.8. The molecule has 0 spiro atoms. The smallest absolute Gasteiger partial charge is 0.258 e. The van der Waals surface area contributed by atoms with Crippen LogP contribution in [0.5, 0.6) is 5.75 Å². The van der Waals surface area contributed by atoms with Gasteiger partial charge in [-0.1, -0.05) is 6.07 Å². The molecule has 0 bridgehead atoms. The second-order valence-corrected chi connectivity index (χ2v) is 5.18. The summed E-state index contributed by atoms with van der Waals surface area (Å²) in [5, 5.41) is 9.09. The van der Waals surface area contributed by atoms with Crippen LogP contribution in [0.4, 0.5) is 5.82 Å². The summed E-state index contributed by atoms with van der Waals surface area (Å²) in [5.74, 6) is 0.193. The molecule has 0 aliphatic rings. The Bertz CT molecular complexity index is 712. The first-order valence-corrected chi connectivity index (χ1v) is 7.31. The van der Waals surface area contributed by atoms with E-state index in [1.165, 1.54) is 11.1 Å². The van der Waals surface area contributed by atoms with Crippen LogP contribution in [-0.2, 0) is 4.74 Å². The topological polar surface area (TPSA) is 96.5 Å². The zero-order chi connectivity index (χ0) is 17.5. The first-order chi connectivity index (χ1) is 11.5. The number of carbonyl (C=O) groups is 2. The van der Waals surface area contributed by atoms with Gasteiger partial charge in [-0.3, -0.25) is 14.7 Å². The Hall–Kier alpha value is -2.87. The van der Waals surface area contributed by atoms with Gasteiger partial charge < -0.3 is 19.7 Å². The number of rotatable bonds is 7. The highest BCUT2D eigenvalue weighted by molar-refractivity contribution is 6.08. The second kappa shape index (κ2) is 8.11. The monoisotopic (exact) mass is 332 g/mol. The molecule has 2 aromatic rings. The van der Waals surface area contributed by atoms with E-state index in [4.69, 9.17) is 9.47 Å². The molecular formula is C16H20N4O4. The lowest BCUT2D eigenvalue weighted by Crippen LogP contribution is -2.23. The molecule has 0 saturated heterocycles. The Balaban J connectivity index is 2.09. The number of benzene rings is 1. The summed E-state index contributed by atoms with van der Waals surface area (Å²) in [5.41, 5.74) is 0.698. The molecule has 2 rings (SSSR count). The third-order valence-electron chi connectivity index (χ3n) is 3.17. The van der Waals surface area contributed by atoms with Crippen molar-refractivity contribution >= 4 is 17.6 Å². The molecule has 8 heteroatoms. The Morgan fingerprint density at radius 2 is 2.08 bits per heavy atom. The maximum atomic E-state index is 12.4. The number of nitrogens with one attached hydrogen (secondary N) is 2. The Kier molecular flexibility index (Phi) is 5.91. The van der Waals surface area contributed by atoms with Crippen LogP contribution < -0.4 is 10.1 Å². The number of H-pyrrole nitrogens is 1. The van der Waals surface area contributed by atoms with Crippen LogP contribution in [0.15, 0.2) is 30.5 Å². The van der Waals surface area contributed by atoms with E-state index in [-0.39, 0.29) is 17.6 Å². The molecule has 1 aromatic carbocycles. The van der Waals surface area contributed by atoms with Crippen molar-refractivity contribution in [2.45, 2.75) is 0 Å². The number of hydrogen-bond acceptors (Lipinski definition) is 5. The Morgan fingerprint density at radius 3 is 2.79 bits per heavy atom. The lowest BCUT2D eigenvalue weighted by atomic mass is 10.2. The number of carbonyl (C=O) groups excluding carboxylic acids is 2. The maximum absolute atomic E-state index is 12.4. The Labute approximate surface area is 139 Å². The highest BCUT2D eigenvalue weighted by atomic mass is 16.5. The van der Waals surface area contributed by atoms with Crippen molar-refractivity contribution in [1.82, 2.24) is 15.1 Å². The van der Waals surface area contributed by atoms with Gasteiger partial charge in [0.1, 0.15) is 23.7 Å². The number of aromatic nitrogens is 2. The summed E-state index contributed by atoms with van der Waals surface area (Å²) in [6, 6.07) is 6.75. The third-order valence-corrected chi connectivity index (χ3v) is 3.17. The normalized spacial score (nSPS) is 10.3. The van der Waals surface area contributed by atoms with Gasteiger partial charge in [-0.2, -0.15) is 5.10 Å².